The van der Waals surface area contributed by atoms with Crippen LogP contribution in [0.1, 0.15) is 16.8 Å². The molecule has 1 aromatic heterocycles. The fraction of sp³-hybridized carbons (Fsp3) is 0.158. The van der Waals surface area contributed by atoms with Crippen LogP contribution in [-0.2, 0) is 11.4 Å². The van der Waals surface area contributed by atoms with Crippen LogP contribution in [0.3, 0.4) is 0 Å². The molecule has 1 heterocycles. The Balaban J connectivity index is 2.21. The molecule has 0 atom stereocenters. The Morgan fingerprint density at radius 3 is 2.83 bits per heavy atom. The third-order valence-corrected chi connectivity index (χ3v) is 3.90. The van der Waals surface area contributed by atoms with Crippen molar-refractivity contribution in [1.82, 2.24) is 4.98 Å². The van der Waals surface area contributed by atoms with Crippen LogP contribution in [0.2, 0.25) is 0 Å². The highest BCUT2D eigenvalue weighted by Crippen LogP contribution is 2.29. The van der Waals surface area contributed by atoms with Gasteiger partial charge in [0.25, 0.3) is 0 Å². The van der Waals surface area contributed by atoms with E-state index in [1.54, 1.807) is 0 Å². The smallest absolute Gasteiger partial charge is 0.141 e. The molecule has 0 bridgehead atoms. The number of aromatic nitrogens is 1. The number of nitrogens with zero attached hydrogens (tertiary/aromatic N) is 1. The van der Waals surface area contributed by atoms with E-state index in [2.05, 4.69) is 15.3 Å². The highest BCUT2D eigenvalue weighted by molar-refractivity contribution is 6.19. The van der Waals surface area contributed by atoms with Gasteiger partial charge < -0.3 is 20.2 Å². The summed E-state index contributed by atoms with van der Waals surface area (Å²) in [6.07, 6.45) is 0.775. The van der Waals surface area contributed by atoms with Crippen molar-refractivity contribution in [3.05, 3.63) is 65.4 Å². The Hall–Kier alpha value is -2.92. The highest BCUT2D eigenvalue weighted by Gasteiger charge is 2.17. The number of anilines is 1. The first-order valence-electron chi connectivity index (χ1n) is 7.75. The van der Waals surface area contributed by atoms with Gasteiger partial charge in [0, 0.05) is 23.5 Å². The summed E-state index contributed by atoms with van der Waals surface area (Å²) >= 11 is 0. The number of aliphatic hydroxyl groups excluding tert-OH is 1. The first-order chi connectivity index (χ1) is 11.8. The zero-order valence-corrected chi connectivity index (χ0v) is 13.4. The molecule has 0 aliphatic rings. The number of nitrogens with one attached hydrogen (secondary N) is 2. The van der Waals surface area contributed by atoms with E-state index in [1.165, 1.54) is 0 Å². The molecule has 2 aromatic carbocycles. The summed E-state index contributed by atoms with van der Waals surface area (Å²) in [5.74, 6) is 0. The number of aromatic amines is 1. The molecule has 3 N–H and O–H groups in total. The Morgan fingerprint density at radius 1 is 1.25 bits per heavy atom. The summed E-state index contributed by atoms with van der Waals surface area (Å²) in [4.78, 5) is 18.7. The third-order valence-electron chi connectivity index (χ3n) is 3.90. The second-order valence-corrected chi connectivity index (χ2v) is 5.39. The summed E-state index contributed by atoms with van der Waals surface area (Å²) in [5.41, 5.74) is 5.10. The van der Waals surface area contributed by atoms with Gasteiger partial charge in [-0.25, -0.2) is 0 Å². The van der Waals surface area contributed by atoms with Crippen LogP contribution in [0, 0.1) is 0 Å². The monoisotopic (exact) mass is 321 g/mol. The minimum atomic E-state index is -0.0413. The van der Waals surface area contributed by atoms with Crippen molar-refractivity contribution in [2.24, 2.45) is 4.99 Å². The number of para-hydroxylation sites is 1. The molecule has 0 saturated heterocycles. The number of H-pyrrole nitrogens is 1. The first-order valence-corrected chi connectivity index (χ1v) is 7.75. The molecule has 0 amide bonds. The average Bonchev–Trinajstić information content (AvgIpc) is 3.00. The molecule has 0 aliphatic heterocycles. The van der Waals surface area contributed by atoms with Crippen molar-refractivity contribution >= 4 is 28.6 Å². The van der Waals surface area contributed by atoms with Gasteiger partial charge in [0.15, 0.2) is 0 Å². The summed E-state index contributed by atoms with van der Waals surface area (Å²) in [6.45, 7) is 0.0393. The van der Waals surface area contributed by atoms with E-state index in [4.69, 9.17) is 0 Å². The standard InChI is InChI=1S/C19H19N3O2/c1-20-18-15-7-2-3-8-16(15)22-19(18)17(21-9-10-23)14-6-4-5-13(11-14)12-24/h2-8,10-11,20,22,24H,9,12H2,1H3. The number of hydrogen-bond acceptors (Lipinski definition) is 4. The van der Waals surface area contributed by atoms with Crippen LogP contribution in [0.5, 0.6) is 0 Å². The van der Waals surface area contributed by atoms with E-state index in [0.29, 0.717) is 5.71 Å². The van der Waals surface area contributed by atoms with E-state index >= 15 is 0 Å². The zero-order valence-electron chi connectivity index (χ0n) is 13.4. The number of aliphatic imine (C=N–C) groups is 1. The predicted molar refractivity (Wildman–Crippen MR) is 96.8 cm³/mol. The molecule has 0 spiro atoms. The van der Waals surface area contributed by atoms with E-state index in [-0.39, 0.29) is 13.2 Å². The van der Waals surface area contributed by atoms with Gasteiger partial charge in [0.2, 0.25) is 0 Å². The second kappa shape index (κ2) is 7.10. The Labute approximate surface area is 140 Å². The van der Waals surface area contributed by atoms with Gasteiger partial charge in [-0.3, -0.25) is 4.99 Å². The molecule has 24 heavy (non-hydrogen) atoms. The lowest BCUT2D eigenvalue weighted by atomic mass is 10.0. The Bertz CT molecular complexity index is 897. The lowest BCUT2D eigenvalue weighted by Crippen LogP contribution is -2.09. The lowest BCUT2D eigenvalue weighted by molar-refractivity contribution is -0.106. The number of hydrogen-bond donors (Lipinski definition) is 3. The number of benzene rings is 2. The number of fused-ring (bicyclic) bond motifs is 1. The number of carbonyl (C=O) groups excluding carboxylic acids is 1. The van der Waals surface area contributed by atoms with E-state index < -0.39 is 0 Å². The summed E-state index contributed by atoms with van der Waals surface area (Å²) in [5, 5.41) is 13.7. The van der Waals surface area contributed by atoms with Crippen molar-refractivity contribution in [2.75, 3.05) is 18.9 Å². The molecule has 0 radical (unpaired) electrons. The van der Waals surface area contributed by atoms with Crippen LogP contribution in [0.4, 0.5) is 5.69 Å². The van der Waals surface area contributed by atoms with E-state index in [0.717, 1.165) is 39.7 Å². The third kappa shape index (κ3) is 2.94. The number of carbonyl (C=O) groups is 1. The second-order valence-electron chi connectivity index (χ2n) is 5.39. The van der Waals surface area contributed by atoms with Gasteiger partial charge in [0.1, 0.15) is 6.29 Å². The van der Waals surface area contributed by atoms with E-state index in [9.17, 15) is 9.90 Å². The summed E-state index contributed by atoms with van der Waals surface area (Å²) < 4.78 is 0. The maximum atomic E-state index is 10.8. The molecular weight excluding hydrogens is 302 g/mol. The van der Waals surface area contributed by atoms with Gasteiger partial charge in [-0.2, -0.15) is 0 Å². The molecule has 5 heteroatoms. The largest absolute Gasteiger partial charge is 0.392 e. The zero-order chi connectivity index (χ0) is 16.9. The molecule has 0 aliphatic carbocycles. The fourth-order valence-electron chi connectivity index (χ4n) is 2.84. The molecule has 122 valence electrons. The van der Waals surface area contributed by atoms with Gasteiger partial charge in [-0.1, -0.05) is 36.4 Å². The van der Waals surface area contributed by atoms with Crippen LogP contribution in [-0.4, -0.2) is 35.7 Å². The molecule has 3 aromatic rings. The van der Waals surface area contributed by atoms with Crippen LogP contribution >= 0.6 is 0 Å². The molecular formula is C19H19N3O2. The SMILES string of the molecule is CNc1c(C(=NCC=O)c2cccc(CO)c2)[nH]c2ccccc12. The van der Waals surface area contributed by atoms with Crippen LogP contribution in [0.15, 0.2) is 53.5 Å². The summed E-state index contributed by atoms with van der Waals surface area (Å²) in [7, 11) is 1.86. The van der Waals surface area contributed by atoms with Crippen molar-refractivity contribution in [2.45, 2.75) is 6.61 Å². The quantitative estimate of drug-likeness (QED) is 0.482. The number of rotatable bonds is 6. The Morgan fingerprint density at radius 2 is 2.08 bits per heavy atom. The predicted octanol–water partition coefficient (Wildman–Crippen LogP) is 2.74. The van der Waals surface area contributed by atoms with Crippen molar-refractivity contribution < 1.29 is 9.90 Å². The maximum absolute atomic E-state index is 10.8. The van der Waals surface area contributed by atoms with Gasteiger partial charge >= 0.3 is 0 Å². The van der Waals surface area contributed by atoms with E-state index in [1.807, 2.05) is 55.6 Å². The molecule has 3 rings (SSSR count). The topological polar surface area (TPSA) is 77.5 Å². The van der Waals surface area contributed by atoms with Gasteiger partial charge in [0.05, 0.1) is 30.2 Å². The maximum Gasteiger partial charge on any atom is 0.141 e. The summed E-state index contributed by atoms with van der Waals surface area (Å²) in [6, 6.07) is 15.5. The Kier molecular flexibility index (Phi) is 4.72. The van der Waals surface area contributed by atoms with Crippen molar-refractivity contribution in [1.29, 1.82) is 0 Å². The molecule has 0 unspecified atom stereocenters. The number of aliphatic hydroxyl groups is 1. The van der Waals surface area contributed by atoms with Gasteiger partial charge in [-0.05, 0) is 17.7 Å². The number of aldehydes is 1. The minimum absolute atomic E-state index is 0.0413. The molecule has 5 nitrogen and oxygen atoms in total. The normalized spacial score (nSPS) is 11.7. The lowest BCUT2D eigenvalue weighted by Gasteiger charge is -2.09. The first kappa shape index (κ1) is 16.0. The van der Waals surface area contributed by atoms with Crippen molar-refractivity contribution in [3.63, 3.8) is 0 Å². The fourth-order valence-corrected chi connectivity index (χ4v) is 2.84. The van der Waals surface area contributed by atoms with Crippen LogP contribution in [0.25, 0.3) is 10.9 Å². The van der Waals surface area contributed by atoms with Crippen molar-refractivity contribution in [3.8, 4) is 0 Å². The molecule has 0 fully saturated rings. The average molecular weight is 321 g/mol. The highest BCUT2D eigenvalue weighted by atomic mass is 16.3. The van der Waals surface area contributed by atoms with Gasteiger partial charge in [-0.15, -0.1) is 0 Å². The minimum Gasteiger partial charge on any atom is -0.392 e. The molecule has 0 saturated carbocycles. The van der Waals surface area contributed by atoms with Crippen LogP contribution < -0.4 is 5.32 Å².